The molecular weight excluding hydrogens is 392 g/mol. The van der Waals surface area contributed by atoms with Gasteiger partial charge >= 0.3 is 0 Å². The van der Waals surface area contributed by atoms with E-state index in [0.717, 1.165) is 30.0 Å². The molecular formula is C24H26N4O3. The first-order chi connectivity index (χ1) is 15.1. The van der Waals surface area contributed by atoms with Gasteiger partial charge in [0.2, 0.25) is 5.91 Å². The summed E-state index contributed by atoms with van der Waals surface area (Å²) in [6.45, 7) is 3.93. The minimum Gasteiger partial charge on any atom is -0.444 e. The molecule has 7 nitrogen and oxygen atoms in total. The molecule has 1 aromatic heterocycles. The second kappa shape index (κ2) is 9.47. The predicted octanol–water partition coefficient (Wildman–Crippen LogP) is 4.09. The fourth-order valence-corrected chi connectivity index (χ4v) is 3.75. The van der Waals surface area contributed by atoms with Gasteiger partial charge in [0, 0.05) is 48.1 Å². The van der Waals surface area contributed by atoms with Crippen molar-refractivity contribution in [1.82, 2.24) is 10.3 Å². The van der Waals surface area contributed by atoms with Gasteiger partial charge in [0.15, 0.2) is 12.2 Å². The smallest absolute Gasteiger partial charge is 0.251 e. The number of oxazole rings is 1. The van der Waals surface area contributed by atoms with Crippen molar-refractivity contribution in [3.05, 3.63) is 66.7 Å². The summed E-state index contributed by atoms with van der Waals surface area (Å²) in [5.41, 5.74) is 3.27. The number of nitrogens with zero attached hydrogens (tertiary/aromatic N) is 2. The van der Waals surface area contributed by atoms with Crippen LogP contribution in [0.1, 0.15) is 36.5 Å². The highest BCUT2D eigenvalue weighted by Gasteiger charge is 2.16. The van der Waals surface area contributed by atoms with E-state index < -0.39 is 0 Å². The van der Waals surface area contributed by atoms with Gasteiger partial charge in [-0.3, -0.25) is 9.59 Å². The van der Waals surface area contributed by atoms with Crippen LogP contribution >= 0.6 is 0 Å². The molecule has 1 saturated heterocycles. The van der Waals surface area contributed by atoms with Gasteiger partial charge in [-0.25, -0.2) is 4.98 Å². The Kier molecular flexibility index (Phi) is 6.31. The number of amides is 2. The molecule has 0 radical (unpaired) electrons. The maximum Gasteiger partial charge on any atom is 0.251 e. The van der Waals surface area contributed by atoms with E-state index in [9.17, 15) is 9.59 Å². The number of carbonyl (C=O) groups is 2. The molecule has 3 aromatic rings. The van der Waals surface area contributed by atoms with E-state index in [1.54, 1.807) is 30.5 Å². The van der Waals surface area contributed by atoms with Crippen molar-refractivity contribution in [2.75, 3.05) is 23.3 Å². The van der Waals surface area contributed by atoms with Crippen LogP contribution in [0.5, 0.6) is 0 Å². The first-order valence-electron chi connectivity index (χ1n) is 10.5. The molecule has 4 rings (SSSR count). The summed E-state index contributed by atoms with van der Waals surface area (Å²) in [5, 5.41) is 5.82. The summed E-state index contributed by atoms with van der Waals surface area (Å²) < 4.78 is 5.25. The fraction of sp³-hybridized carbons (Fsp3) is 0.292. The molecule has 0 saturated carbocycles. The van der Waals surface area contributed by atoms with Crippen LogP contribution in [-0.2, 0) is 4.79 Å². The summed E-state index contributed by atoms with van der Waals surface area (Å²) in [7, 11) is 0. The number of benzene rings is 2. The van der Waals surface area contributed by atoms with E-state index >= 15 is 0 Å². The van der Waals surface area contributed by atoms with Crippen molar-refractivity contribution in [2.24, 2.45) is 0 Å². The molecule has 2 N–H and O–H groups in total. The standard InChI is InChI=1S/C24H26N4O3/c1-17(26-24(30)19-9-7-18(8-10-19)22-15-25-16-31-22)13-23(29)27-20-5-4-6-21(14-20)28-11-2-3-12-28/h4-10,14-17H,2-3,11-13H2,1H3,(H,26,30)(H,27,29). The number of aromatic nitrogens is 1. The number of carbonyl (C=O) groups excluding carboxylic acids is 2. The molecule has 0 bridgehead atoms. The molecule has 31 heavy (non-hydrogen) atoms. The van der Waals surface area contributed by atoms with Gasteiger partial charge in [-0.05, 0) is 50.1 Å². The number of anilines is 2. The second-order valence-corrected chi connectivity index (χ2v) is 7.81. The number of rotatable bonds is 7. The molecule has 2 aromatic carbocycles. The Bertz CT molecular complexity index is 1030. The van der Waals surface area contributed by atoms with E-state index in [2.05, 4.69) is 26.6 Å². The van der Waals surface area contributed by atoms with Crippen molar-refractivity contribution < 1.29 is 14.0 Å². The maximum absolute atomic E-state index is 12.5. The molecule has 2 amide bonds. The van der Waals surface area contributed by atoms with Crippen LogP contribution in [0.2, 0.25) is 0 Å². The SMILES string of the molecule is CC(CC(=O)Nc1cccc(N2CCCC2)c1)NC(=O)c1ccc(-c2cnco2)cc1. The third kappa shape index (κ3) is 5.31. The highest BCUT2D eigenvalue weighted by Crippen LogP contribution is 2.23. The van der Waals surface area contributed by atoms with E-state index in [-0.39, 0.29) is 24.3 Å². The Labute approximate surface area is 181 Å². The van der Waals surface area contributed by atoms with E-state index in [4.69, 9.17) is 4.42 Å². The molecule has 1 atom stereocenters. The molecule has 1 unspecified atom stereocenters. The van der Waals surface area contributed by atoms with E-state index in [1.165, 1.54) is 19.2 Å². The lowest BCUT2D eigenvalue weighted by Crippen LogP contribution is -2.35. The summed E-state index contributed by atoms with van der Waals surface area (Å²) in [6, 6.07) is 14.7. The average Bonchev–Trinajstić information content (AvgIpc) is 3.48. The molecule has 1 aliphatic heterocycles. The summed E-state index contributed by atoms with van der Waals surface area (Å²) in [6.07, 6.45) is 5.59. The molecule has 7 heteroatoms. The Morgan fingerprint density at radius 2 is 1.90 bits per heavy atom. The lowest BCUT2D eigenvalue weighted by molar-refractivity contribution is -0.116. The number of hydrogen-bond donors (Lipinski definition) is 2. The molecule has 0 spiro atoms. The van der Waals surface area contributed by atoms with Crippen LogP contribution in [0.15, 0.2) is 65.5 Å². The van der Waals surface area contributed by atoms with Crippen molar-refractivity contribution in [3.8, 4) is 11.3 Å². The lowest BCUT2D eigenvalue weighted by atomic mass is 10.1. The van der Waals surface area contributed by atoms with Crippen molar-refractivity contribution >= 4 is 23.2 Å². The topological polar surface area (TPSA) is 87.5 Å². The lowest BCUT2D eigenvalue weighted by Gasteiger charge is -2.19. The molecule has 1 aliphatic rings. The summed E-state index contributed by atoms with van der Waals surface area (Å²) >= 11 is 0. The zero-order chi connectivity index (χ0) is 21.6. The maximum atomic E-state index is 12.5. The monoisotopic (exact) mass is 418 g/mol. The van der Waals surface area contributed by atoms with Gasteiger partial charge in [-0.2, -0.15) is 0 Å². The van der Waals surface area contributed by atoms with Crippen LogP contribution in [0.3, 0.4) is 0 Å². The summed E-state index contributed by atoms with van der Waals surface area (Å²) in [4.78, 5) is 31.2. The fourth-order valence-electron chi connectivity index (χ4n) is 3.75. The zero-order valence-electron chi connectivity index (χ0n) is 17.5. The van der Waals surface area contributed by atoms with Crippen LogP contribution < -0.4 is 15.5 Å². The second-order valence-electron chi connectivity index (χ2n) is 7.81. The number of nitrogens with one attached hydrogen (secondary N) is 2. The molecule has 160 valence electrons. The molecule has 2 heterocycles. The Balaban J connectivity index is 1.29. The van der Waals surface area contributed by atoms with Gasteiger partial charge < -0.3 is 20.0 Å². The average molecular weight is 418 g/mol. The first-order valence-corrected chi connectivity index (χ1v) is 10.5. The number of hydrogen-bond acceptors (Lipinski definition) is 5. The van der Waals surface area contributed by atoms with Crippen molar-refractivity contribution in [3.63, 3.8) is 0 Å². The van der Waals surface area contributed by atoms with Gasteiger partial charge in [-0.1, -0.05) is 18.2 Å². The Hall–Kier alpha value is -3.61. The zero-order valence-corrected chi connectivity index (χ0v) is 17.5. The molecule has 1 fully saturated rings. The predicted molar refractivity (Wildman–Crippen MR) is 120 cm³/mol. The third-order valence-corrected chi connectivity index (χ3v) is 5.33. The molecule has 0 aliphatic carbocycles. The van der Waals surface area contributed by atoms with Gasteiger partial charge in [0.1, 0.15) is 0 Å². The highest BCUT2D eigenvalue weighted by atomic mass is 16.3. The van der Waals surface area contributed by atoms with Gasteiger partial charge in [0.05, 0.1) is 6.20 Å². The first kappa shape index (κ1) is 20.7. The van der Waals surface area contributed by atoms with Crippen molar-refractivity contribution in [1.29, 1.82) is 0 Å². The van der Waals surface area contributed by atoms with Gasteiger partial charge in [-0.15, -0.1) is 0 Å². The normalized spacial score (nSPS) is 14.3. The Morgan fingerprint density at radius 3 is 2.61 bits per heavy atom. The third-order valence-electron chi connectivity index (χ3n) is 5.33. The van der Waals surface area contributed by atoms with Crippen LogP contribution in [0, 0.1) is 0 Å². The highest BCUT2D eigenvalue weighted by molar-refractivity contribution is 5.96. The largest absolute Gasteiger partial charge is 0.444 e. The van der Waals surface area contributed by atoms with Crippen LogP contribution in [-0.4, -0.2) is 35.9 Å². The van der Waals surface area contributed by atoms with E-state index in [1.807, 2.05) is 25.1 Å². The van der Waals surface area contributed by atoms with Crippen molar-refractivity contribution in [2.45, 2.75) is 32.2 Å². The Morgan fingerprint density at radius 1 is 1.13 bits per heavy atom. The minimum atomic E-state index is -0.303. The van der Waals surface area contributed by atoms with Gasteiger partial charge in [0.25, 0.3) is 5.91 Å². The van der Waals surface area contributed by atoms with E-state index in [0.29, 0.717) is 11.3 Å². The minimum absolute atomic E-state index is 0.132. The summed E-state index contributed by atoms with van der Waals surface area (Å²) in [5.74, 6) is 0.290. The quantitative estimate of drug-likeness (QED) is 0.603. The van der Waals surface area contributed by atoms with Crippen LogP contribution in [0.25, 0.3) is 11.3 Å². The van der Waals surface area contributed by atoms with Crippen LogP contribution in [0.4, 0.5) is 11.4 Å².